The average molecular weight is 554 g/mol. The molecule has 0 fully saturated rings. The lowest BCUT2D eigenvalue weighted by Crippen LogP contribution is -2.36. The molecule has 0 heterocycles. The molecule has 2 aromatic carbocycles. The highest BCUT2D eigenvalue weighted by molar-refractivity contribution is 14.0. The van der Waals surface area contributed by atoms with Crippen molar-refractivity contribution in [3.8, 4) is 5.75 Å². The molecule has 8 heteroatoms. The van der Waals surface area contributed by atoms with Crippen molar-refractivity contribution in [3.63, 3.8) is 0 Å². The van der Waals surface area contributed by atoms with E-state index in [4.69, 9.17) is 9.47 Å². The molecule has 0 aliphatic heterocycles. The van der Waals surface area contributed by atoms with Crippen molar-refractivity contribution in [3.05, 3.63) is 59.2 Å². The Morgan fingerprint density at radius 1 is 1.03 bits per heavy atom. The number of hydrogen-bond donors (Lipinski definition) is 3. The van der Waals surface area contributed by atoms with E-state index in [1.165, 1.54) is 0 Å². The van der Waals surface area contributed by atoms with Crippen LogP contribution in [0.5, 0.6) is 5.75 Å². The summed E-state index contributed by atoms with van der Waals surface area (Å²) in [6.07, 6.45) is 0. The number of nitrogens with zero attached hydrogens (tertiary/aromatic N) is 1. The number of methoxy groups -OCH3 is 1. The highest BCUT2D eigenvalue weighted by Crippen LogP contribution is 2.20. The molecule has 0 aliphatic carbocycles. The molecule has 7 nitrogen and oxygen atoms in total. The zero-order valence-electron chi connectivity index (χ0n) is 19.5. The van der Waals surface area contributed by atoms with Crippen LogP contribution in [0.15, 0.2) is 47.5 Å². The molecule has 0 spiro atoms. The van der Waals surface area contributed by atoms with Crippen molar-refractivity contribution < 1.29 is 14.3 Å². The van der Waals surface area contributed by atoms with E-state index in [9.17, 15) is 4.79 Å². The first-order valence-electron chi connectivity index (χ1n) is 10.5. The number of benzene rings is 2. The molecule has 0 radical (unpaired) electrons. The van der Waals surface area contributed by atoms with Gasteiger partial charge in [0, 0.05) is 44.4 Å². The van der Waals surface area contributed by atoms with Crippen molar-refractivity contribution in [2.45, 2.75) is 33.9 Å². The van der Waals surface area contributed by atoms with Crippen LogP contribution in [0.4, 0.5) is 5.69 Å². The Morgan fingerprint density at radius 3 is 2.34 bits per heavy atom. The fourth-order valence-electron chi connectivity index (χ4n) is 2.75. The Labute approximate surface area is 208 Å². The zero-order chi connectivity index (χ0) is 22.6. The van der Waals surface area contributed by atoms with Crippen LogP contribution in [0.1, 0.15) is 30.5 Å². The summed E-state index contributed by atoms with van der Waals surface area (Å²) >= 11 is 0. The molecule has 0 aromatic heterocycles. The number of hydrogen-bond acceptors (Lipinski definition) is 4. The Bertz CT molecular complexity index is 870. The number of amides is 1. The van der Waals surface area contributed by atoms with E-state index in [2.05, 4.69) is 33.1 Å². The van der Waals surface area contributed by atoms with Gasteiger partial charge in [0.2, 0.25) is 5.91 Å². The van der Waals surface area contributed by atoms with E-state index in [-0.39, 0.29) is 35.8 Å². The van der Waals surface area contributed by atoms with Gasteiger partial charge in [0.1, 0.15) is 12.4 Å². The van der Waals surface area contributed by atoms with Crippen molar-refractivity contribution in [1.29, 1.82) is 0 Å². The van der Waals surface area contributed by atoms with Crippen LogP contribution < -0.4 is 20.7 Å². The normalized spacial score (nSPS) is 11.0. The van der Waals surface area contributed by atoms with Crippen LogP contribution in [0.2, 0.25) is 0 Å². The highest BCUT2D eigenvalue weighted by Gasteiger charge is 2.08. The monoisotopic (exact) mass is 554 g/mol. The van der Waals surface area contributed by atoms with Crippen LogP contribution in [0.3, 0.4) is 0 Å². The molecule has 0 aliphatic rings. The van der Waals surface area contributed by atoms with Crippen LogP contribution in [0, 0.1) is 12.8 Å². The van der Waals surface area contributed by atoms with E-state index in [0.29, 0.717) is 32.3 Å². The van der Waals surface area contributed by atoms with Crippen LogP contribution in [-0.4, -0.2) is 39.2 Å². The van der Waals surface area contributed by atoms with E-state index in [1.807, 2.05) is 51.1 Å². The maximum atomic E-state index is 11.8. The van der Waals surface area contributed by atoms with Crippen molar-refractivity contribution in [2.24, 2.45) is 10.9 Å². The van der Waals surface area contributed by atoms with Crippen LogP contribution >= 0.6 is 24.0 Å². The first-order chi connectivity index (χ1) is 14.9. The Morgan fingerprint density at radius 2 is 1.72 bits per heavy atom. The summed E-state index contributed by atoms with van der Waals surface area (Å²) in [6, 6.07) is 13.9. The van der Waals surface area contributed by atoms with Gasteiger partial charge in [-0.05, 0) is 36.2 Å². The zero-order valence-corrected chi connectivity index (χ0v) is 21.9. The summed E-state index contributed by atoms with van der Waals surface area (Å²) in [4.78, 5) is 16.1. The standard InChI is InChI=1S/C24H34N4O3.HI/c1-17(2)23(29)28-21-10-7-19(8-11-21)15-26-24(25-4)27-16-20-9-6-18(3)14-22(20)31-13-12-30-5;/h6-11,14,17H,12-13,15-16H2,1-5H3,(H,28,29)(H2,25,26,27);1H. The van der Waals surface area contributed by atoms with E-state index in [0.717, 1.165) is 28.1 Å². The summed E-state index contributed by atoms with van der Waals surface area (Å²) < 4.78 is 10.9. The van der Waals surface area contributed by atoms with Gasteiger partial charge in [-0.3, -0.25) is 9.79 Å². The lowest BCUT2D eigenvalue weighted by atomic mass is 10.1. The number of ether oxygens (including phenoxy) is 2. The van der Waals surface area contributed by atoms with Gasteiger partial charge >= 0.3 is 0 Å². The number of carbonyl (C=O) groups is 1. The molecule has 0 unspecified atom stereocenters. The quantitative estimate of drug-likeness (QED) is 0.178. The molecular formula is C24H35IN4O3. The Hall–Kier alpha value is -2.33. The molecule has 0 saturated heterocycles. The first kappa shape index (κ1) is 27.7. The molecule has 1 amide bonds. The lowest BCUT2D eigenvalue weighted by Gasteiger charge is -2.15. The number of halogens is 1. The summed E-state index contributed by atoms with van der Waals surface area (Å²) in [5.41, 5.74) is 4.08. The molecule has 2 rings (SSSR count). The van der Waals surface area contributed by atoms with Gasteiger partial charge in [-0.25, -0.2) is 0 Å². The summed E-state index contributed by atoms with van der Waals surface area (Å²) in [6.45, 7) is 8.04. The largest absolute Gasteiger partial charge is 0.491 e. The molecule has 176 valence electrons. The van der Waals surface area contributed by atoms with Gasteiger partial charge in [-0.1, -0.05) is 38.1 Å². The van der Waals surface area contributed by atoms with Gasteiger partial charge in [0.15, 0.2) is 5.96 Å². The third-order valence-corrected chi connectivity index (χ3v) is 4.64. The Balaban J connectivity index is 0.00000512. The molecule has 3 N–H and O–H groups in total. The molecule has 0 bridgehead atoms. The highest BCUT2D eigenvalue weighted by atomic mass is 127. The predicted octanol–water partition coefficient (Wildman–Crippen LogP) is 4.10. The summed E-state index contributed by atoms with van der Waals surface area (Å²) in [5.74, 6) is 1.51. The maximum absolute atomic E-state index is 11.8. The third-order valence-electron chi connectivity index (χ3n) is 4.64. The molecular weight excluding hydrogens is 519 g/mol. The van der Waals surface area contributed by atoms with Crippen molar-refractivity contribution >= 4 is 41.5 Å². The second kappa shape index (κ2) is 14.7. The number of anilines is 1. The smallest absolute Gasteiger partial charge is 0.226 e. The minimum absolute atomic E-state index is 0. The summed E-state index contributed by atoms with van der Waals surface area (Å²) in [7, 11) is 3.40. The Kier molecular flexibility index (Phi) is 12.7. The number of aliphatic imine (C=N–C) groups is 1. The van der Waals surface area contributed by atoms with Gasteiger partial charge in [0.05, 0.1) is 6.61 Å². The lowest BCUT2D eigenvalue weighted by molar-refractivity contribution is -0.118. The van der Waals surface area contributed by atoms with Crippen LogP contribution in [0.25, 0.3) is 0 Å². The van der Waals surface area contributed by atoms with Gasteiger partial charge < -0.3 is 25.4 Å². The van der Waals surface area contributed by atoms with E-state index < -0.39 is 0 Å². The second-order valence-corrected chi connectivity index (χ2v) is 7.57. The van der Waals surface area contributed by atoms with Crippen molar-refractivity contribution in [1.82, 2.24) is 10.6 Å². The first-order valence-corrected chi connectivity index (χ1v) is 10.5. The van der Waals surface area contributed by atoms with Crippen molar-refractivity contribution in [2.75, 3.05) is 32.7 Å². The fraction of sp³-hybridized carbons (Fsp3) is 0.417. The number of carbonyl (C=O) groups excluding carboxylic acids is 1. The van der Waals surface area contributed by atoms with Crippen LogP contribution in [-0.2, 0) is 22.6 Å². The van der Waals surface area contributed by atoms with Gasteiger partial charge in [0.25, 0.3) is 0 Å². The minimum atomic E-state index is -0.0461. The molecule has 2 aromatic rings. The fourth-order valence-corrected chi connectivity index (χ4v) is 2.75. The van der Waals surface area contributed by atoms with E-state index in [1.54, 1.807) is 14.2 Å². The number of nitrogens with one attached hydrogen (secondary N) is 3. The summed E-state index contributed by atoms with van der Waals surface area (Å²) in [5, 5.41) is 9.53. The molecule has 0 saturated carbocycles. The third kappa shape index (κ3) is 9.44. The second-order valence-electron chi connectivity index (χ2n) is 7.57. The SMILES string of the molecule is CN=C(NCc1ccc(NC(=O)C(C)C)cc1)NCc1ccc(C)cc1OCCOC.I. The number of guanidine groups is 1. The molecule has 0 atom stereocenters. The van der Waals surface area contributed by atoms with Gasteiger partial charge in [-0.15, -0.1) is 24.0 Å². The average Bonchev–Trinajstić information content (AvgIpc) is 2.76. The predicted molar refractivity (Wildman–Crippen MR) is 141 cm³/mol. The maximum Gasteiger partial charge on any atom is 0.226 e. The topological polar surface area (TPSA) is 84.0 Å². The van der Waals surface area contributed by atoms with Gasteiger partial charge in [-0.2, -0.15) is 0 Å². The minimum Gasteiger partial charge on any atom is -0.491 e. The molecule has 32 heavy (non-hydrogen) atoms. The number of rotatable bonds is 10. The van der Waals surface area contributed by atoms with E-state index >= 15 is 0 Å². The number of aryl methyl sites for hydroxylation is 1.